The van der Waals surface area contributed by atoms with Crippen LogP contribution < -0.4 is 4.90 Å². The molecule has 3 nitrogen and oxygen atoms in total. The van der Waals surface area contributed by atoms with Gasteiger partial charge in [0.15, 0.2) is 0 Å². The molecule has 15 heavy (non-hydrogen) atoms. The number of hydrogen-bond acceptors (Lipinski definition) is 2. The first-order valence-corrected chi connectivity index (χ1v) is 5.18. The van der Waals surface area contributed by atoms with E-state index < -0.39 is 0 Å². The summed E-state index contributed by atoms with van der Waals surface area (Å²) in [5.41, 5.74) is 0.909. The lowest BCUT2D eigenvalue weighted by molar-refractivity contribution is -0.118. The fourth-order valence-corrected chi connectivity index (χ4v) is 1.35. The third kappa shape index (κ3) is 3.72. The monoisotopic (exact) mass is 207 g/mol. The van der Waals surface area contributed by atoms with Crippen molar-refractivity contribution in [3.8, 4) is 0 Å². The number of rotatable bonds is 5. The second-order valence-electron chi connectivity index (χ2n) is 3.47. The summed E-state index contributed by atoms with van der Waals surface area (Å²) in [5, 5.41) is 8.61. The van der Waals surface area contributed by atoms with Crippen LogP contribution in [0.2, 0.25) is 0 Å². The van der Waals surface area contributed by atoms with E-state index in [9.17, 15) is 4.79 Å². The molecule has 0 atom stereocenters. The Bertz CT molecular complexity index is 298. The molecule has 0 saturated carbocycles. The molecule has 0 fully saturated rings. The number of unbranched alkanes of at least 4 members (excludes halogenated alkanes) is 1. The van der Waals surface area contributed by atoms with Crippen LogP contribution >= 0.6 is 0 Å². The molecule has 0 unspecified atom stereocenters. The van der Waals surface area contributed by atoms with Crippen LogP contribution in [-0.4, -0.2) is 24.7 Å². The Labute approximate surface area is 90.3 Å². The molecule has 0 spiro atoms. The van der Waals surface area contributed by atoms with Crippen LogP contribution in [0.3, 0.4) is 0 Å². The van der Waals surface area contributed by atoms with E-state index in [2.05, 4.69) is 0 Å². The van der Waals surface area contributed by atoms with Crippen molar-refractivity contribution in [2.45, 2.75) is 19.3 Å². The Morgan fingerprint density at radius 1 is 1.27 bits per heavy atom. The topological polar surface area (TPSA) is 40.5 Å². The van der Waals surface area contributed by atoms with E-state index in [0.29, 0.717) is 12.8 Å². The molecule has 1 aromatic carbocycles. The van der Waals surface area contributed by atoms with Gasteiger partial charge in [-0.2, -0.15) is 0 Å². The van der Waals surface area contributed by atoms with Gasteiger partial charge in [-0.15, -0.1) is 0 Å². The van der Waals surface area contributed by atoms with E-state index in [1.54, 1.807) is 11.9 Å². The van der Waals surface area contributed by atoms with Gasteiger partial charge in [0.05, 0.1) is 0 Å². The average molecular weight is 207 g/mol. The Morgan fingerprint density at radius 2 is 1.93 bits per heavy atom. The highest BCUT2D eigenvalue weighted by Crippen LogP contribution is 2.12. The standard InChI is InChI=1S/C12H17NO2/c1-13(11-7-3-2-4-8-11)12(15)9-5-6-10-14/h2-4,7-8,14H,5-6,9-10H2,1H3. The van der Waals surface area contributed by atoms with Gasteiger partial charge in [-0.1, -0.05) is 18.2 Å². The smallest absolute Gasteiger partial charge is 0.226 e. The minimum atomic E-state index is 0.0923. The summed E-state index contributed by atoms with van der Waals surface area (Å²) in [4.78, 5) is 13.3. The molecule has 1 amide bonds. The van der Waals surface area contributed by atoms with Crippen molar-refractivity contribution in [2.75, 3.05) is 18.6 Å². The van der Waals surface area contributed by atoms with E-state index in [-0.39, 0.29) is 12.5 Å². The van der Waals surface area contributed by atoms with Gasteiger partial charge in [0.25, 0.3) is 0 Å². The zero-order valence-corrected chi connectivity index (χ0v) is 9.02. The van der Waals surface area contributed by atoms with Gasteiger partial charge in [-0.25, -0.2) is 0 Å². The molecule has 0 radical (unpaired) electrons. The molecule has 0 bridgehead atoms. The average Bonchev–Trinajstić information content (AvgIpc) is 2.29. The summed E-state index contributed by atoms with van der Waals surface area (Å²) in [6.07, 6.45) is 1.92. The van der Waals surface area contributed by atoms with Crippen molar-refractivity contribution >= 4 is 11.6 Å². The normalized spacial score (nSPS) is 10.0. The molecule has 0 aromatic heterocycles. The summed E-state index contributed by atoms with van der Waals surface area (Å²) in [6, 6.07) is 9.56. The number of para-hydroxylation sites is 1. The number of nitrogens with zero attached hydrogens (tertiary/aromatic N) is 1. The molecule has 0 aliphatic rings. The summed E-state index contributed by atoms with van der Waals surface area (Å²) in [7, 11) is 1.77. The molecule has 82 valence electrons. The number of amides is 1. The first-order valence-electron chi connectivity index (χ1n) is 5.18. The molecule has 0 saturated heterocycles. The van der Waals surface area contributed by atoms with Crippen LogP contribution in [0, 0.1) is 0 Å². The Kier molecular flexibility index (Phi) is 4.84. The van der Waals surface area contributed by atoms with Gasteiger partial charge < -0.3 is 10.0 Å². The van der Waals surface area contributed by atoms with Crippen LogP contribution in [0.15, 0.2) is 30.3 Å². The highest BCUT2D eigenvalue weighted by atomic mass is 16.3. The van der Waals surface area contributed by atoms with Crippen LogP contribution in [0.5, 0.6) is 0 Å². The quantitative estimate of drug-likeness (QED) is 0.748. The maximum atomic E-state index is 11.7. The second-order valence-corrected chi connectivity index (χ2v) is 3.47. The SMILES string of the molecule is CN(C(=O)CCCCO)c1ccccc1. The van der Waals surface area contributed by atoms with E-state index in [1.807, 2.05) is 30.3 Å². The summed E-state index contributed by atoms with van der Waals surface area (Å²) in [6.45, 7) is 0.155. The number of benzene rings is 1. The van der Waals surface area contributed by atoms with Crippen molar-refractivity contribution in [3.63, 3.8) is 0 Å². The van der Waals surface area contributed by atoms with E-state index in [4.69, 9.17) is 5.11 Å². The molecular formula is C12H17NO2. The summed E-state index contributed by atoms with van der Waals surface area (Å²) < 4.78 is 0. The maximum Gasteiger partial charge on any atom is 0.226 e. The van der Waals surface area contributed by atoms with Crippen LogP contribution in [0.1, 0.15) is 19.3 Å². The van der Waals surface area contributed by atoms with Gasteiger partial charge in [-0.3, -0.25) is 4.79 Å². The lowest BCUT2D eigenvalue weighted by Gasteiger charge is -2.16. The summed E-state index contributed by atoms with van der Waals surface area (Å²) >= 11 is 0. The minimum absolute atomic E-state index is 0.0923. The van der Waals surface area contributed by atoms with Crippen molar-refractivity contribution in [3.05, 3.63) is 30.3 Å². The third-order valence-corrected chi connectivity index (χ3v) is 2.32. The molecule has 0 aliphatic heterocycles. The van der Waals surface area contributed by atoms with Crippen molar-refractivity contribution in [1.82, 2.24) is 0 Å². The highest BCUT2D eigenvalue weighted by molar-refractivity contribution is 5.92. The van der Waals surface area contributed by atoms with E-state index >= 15 is 0 Å². The number of hydrogen-bond donors (Lipinski definition) is 1. The predicted octanol–water partition coefficient (Wildman–Crippen LogP) is 1.81. The molecule has 1 aromatic rings. The largest absolute Gasteiger partial charge is 0.396 e. The summed E-state index contributed by atoms with van der Waals surface area (Å²) in [5.74, 6) is 0.0923. The second kappa shape index (κ2) is 6.19. The molecule has 0 heterocycles. The van der Waals surface area contributed by atoms with Crippen molar-refractivity contribution < 1.29 is 9.90 Å². The minimum Gasteiger partial charge on any atom is -0.396 e. The van der Waals surface area contributed by atoms with Crippen molar-refractivity contribution in [1.29, 1.82) is 0 Å². The zero-order valence-electron chi connectivity index (χ0n) is 9.02. The first kappa shape index (κ1) is 11.7. The predicted molar refractivity (Wildman–Crippen MR) is 60.8 cm³/mol. The Hall–Kier alpha value is -1.35. The van der Waals surface area contributed by atoms with Crippen LogP contribution in [-0.2, 0) is 4.79 Å². The zero-order chi connectivity index (χ0) is 11.1. The van der Waals surface area contributed by atoms with Gasteiger partial charge in [0, 0.05) is 25.8 Å². The molecule has 3 heteroatoms. The number of carbonyl (C=O) groups excluding carboxylic acids is 1. The van der Waals surface area contributed by atoms with E-state index in [1.165, 1.54) is 0 Å². The van der Waals surface area contributed by atoms with E-state index in [0.717, 1.165) is 12.1 Å². The van der Waals surface area contributed by atoms with Gasteiger partial charge in [0.1, 0.15) is 0 Å². The number of carbonyl (C=O) groups is 1. The number of aliphatic hydroxyl groups excluding tert-OH is 1. The number of aliphatic hydroxyl groups is 1. The molecule has 1 N–H and O–H groups in total. The Morgan fingerprint density at radius 3 is 2.53 bits per heavy atom. The molecule has 0 aliphatic carbocycles. The Balaban J connectivity index is 2.46. The van der Waals surface area contributed by atoms with Gasteiger partial charge >= 0.3 is 0 Å². The highest BCUT2D eigenvalue weighted by Gasteiger charge is 2.09. The van der Waals surface area contributed by atoms with Crippen LogP contribution in [0.4, 0.5) is 5.69 Å². The molecular weight excluding hydrogens is 190 g/mol. The maximum absolute atomic E-state index is 11.7. The van der Waals surface area contributed by atoms with Crippen molar-refractivity contribution in [2.24, 2.45) is 0 Å². The number of anilines is 1. The lowest BCUT2D eigenvalue weighted by atomic mass is 10.2. The fourth-order valence-electron chi connectivity index (χ4n) is 1.35. The van der Waals surface area contributed by atoms with Gasteiger partial charge in [0.2, 0.25) is 5.91 Å². The van der Waals surface area contributed by atoms with Crippen LogP contribution in [0.25, 0.3) is 0 Å². The fraction of sp³-hybridized carbons (Fsp3) is 0.417. The third-order valence-electron chi connectivity index (χ3n) is 2.32. The lowest BCUT2D eigenvalue weighted by Crippen LogP contribution is -2.25. The molecule has 1 rings (SSSR count). The van der Waals surface area contributed by atoms with Gasteiger partial charge in [-0.05, 0) is 25.0 Å². The first-order chi connectivity index (χ1) is 7.25.